The van der Waals surface area contributed by atoms with E-state index in [1.807, 2.05) is 18.2 Å². The molecule has 0 bridgehead atoms. The van der Waals surface area contributed by atoms with E-state index in [9.17, 15) is 4.79 Å². The Bertz CT molecular complexity index is 372. The van der Waals surface area contributed by atoms with E-state index in [2.05, 4.69) is 17.4 Å². The highest BCUT2D eigenvalue weighted by Crippen LogP contribution is 2.18. The number of aryl methyl sites for hydroxylation is 1. The Morgan fingerprint density at radius 1 is 1.16 bits per heavy atom. The molecule has 0 atom stereocenters. The van der Waals surface area contributed by atoms with Crippen molar-refractivity contribution in [3.05, 3.63) is 35.9 Å². The fourth-order valence-corrected chi connectivity index (χ4v) is 2.48. The SMILES string of the molecule is O=C([N]C1CCCCC1)OCCCc1ccccc1. The molecule has 2 rings (SSSR count). The van der Waals surface area contributed by atoms with Crippen molar-refractivity contribution in [3.8, 4) is 0 Å². The first-order valence-corrected chi connectivity index (χ1v) is 7.26. The molecular weight excluding hydrogens is 238 g/mol. The van der Waals surface area contributed by atoms with E-state index in [4.69, 9.17) is 4.74 Å². The number of carbonyl (C=O) groups is 1. The Labute approximate surface area is 115 Å². The molecule has 3 nitrogen and oxygen atoms in total. The van der Waals surface area contributed by atoms with Gasteiger partial charge in [-0.1, -0.05) is 49.6 Å². The highest BCUT2D eigenvalue weighted by molar-refractivity contribution is 5.67. The summed E-state index contributed by atoms with van der Waals surface area (Å²) in [5.74, 6) is 0. The summed E-state index contributed by atoms with van der Waals surface area (Å²) in [4.78, 5) is 11.5. The molecule has 1 radical (unpaired) electrons. The van der Waals surface area contributed by atoms with Crippen molar-refractivity contribution in [3.63, 3.8) is 0 Å². The summed E-state index contributed by atoms with van der Waals surface area (Å²) >= 11 is 0. The standard InChI is InChI=1S/C16H22NO2/c18-16(17-15-11-5-2-6-12-15)19-13-7-10-14-8-3-1-4-9-14/h1,3-4,8-9,15H,2,5-7,10-13H2. The van der Waals surface area contributed by atoms with Gasteiger partial charge in [-0.2, -0.15) is 0 Å². The normalized spacial score (nSPS) is 16.0. The molecule has 0 spiro atoms. The van der Waals surface area contributed by atoms with Crippen molar-refractivity contribution in [2.24, 2.45) is 0 Å². The molecule has 0 unspecified atom stereocenters. The lowest BCUT2D eigenvalue weighted by molar-refractivity contribution is 0.136. The lowest BCUT2D eigenvalue weighted by atomic mass is 9.96. The van der Waals surface area contributed by atoms with Crippen molar-refractivity contribution < 1.29 is 9.53 Å². The molecule has 0 heterocycles. The lowest BCUT2D eigenvalue weighted by Gasteiger charge is -2.19. The molecule has 103 valence electrons. The lowest BCUT2D eigenvalue weighted by Crippen LogP contribution is -2.30. The Kier molecular flexibility index (Phi) is 5.73. The third-order valence-electron chi connectivity index (χ3n) is 3.54. The van der Waals surface area contributed by atoms with Crippen molar-refractivity contribution >= 4 is 6.09 Å². The molecule has 1 aliphatic carbocycles. The summed E-state index contributed by atoms with van der Waals surface area (Å²) in [6, 6.07) is 10.4. The number of hydrogen-bond donors (Lipinski definition) is 0. The predicted molar refractivity (Wildman–Crippen MR) is 75.1 cm³/mol. The number of ether oxygens (including phenoxy) is 1. The minimum absolute atomic E-state index is 0.204. The second-order valence-corrected chi connectivity index (χ2v) is 5.12. The van der Waals surface area contributed by atoms with Crippen LogP contribution in [0.5, 0.6) is 0 Å². The number of carbonyl (C=O) groups excluding carboxylic acids is 1. The number of benzene rings is 1. The van der Waals surface area contributed by atoms with Crippen LogP contribution >= 0.6 is 0 Å². The Balaban J connectivity index is 1.56. The fourth-order valence-electron chi connectivity index (χ4n) is 2.48. The van der Waals surface area contributed by atoms with Gasteiger partial charge in [0.1, 0.15) is 0 Å². The molecule has 0 aromatic heterocycles. The maximum absolute atomic E-state index is 11.5. The van der Waals surface area contributed by atoms with Gasteiger partial charge in [0, 0.05) is 0 Å². The molecule has 3 heteroatoms. The average molecular weight is 260 g/mol. The minimum Gasteiger partial charge on any atom is -0.448 e. The number of rotatable bonds is 5. The van der Waals surface area contributed by atoms with Gasteiger partial charge in [0.25, 0.3) is 0 Å². The van der Waals surface area contributed by atoms with E-state index in [-0.39, 0.29) is 12.1 Å². The largest absolute Gasteiger partial charge is 0.448 e. The maximum atomic E-state index is 11.5. The number of hydrogen-bond acceptors (Lipinski definition) is 2. The number of amides is 1. The van der Waals surface area contributed by atoms with Gasteiger partial charge in [0.05, 0.1) is 12.6 Å². The van der Waals surface area contributed by atoms with Crippen molar-refractivity contribution in [2.45, 2.75) is 51.0 Å². The molecule has 1 aromatic rings. The van der Waals surface area contributed by atoms with Gasteiger partial charge in [0.15, 0.2) is 0 Å². The van der Waals surface area contributed by atoms with Crippen LogP contribution < -0.4 is 5.32 Å². The van der Waals surface area contributed by atoms with E-state index in [1.165, 1.54) is 24.8 Å². The smallest absolute Gasteiger partial charge is 0.429 e. The molecule has 0 N–H and O–H groups in total. The highest BCUT2D eigenvalue weighted by atomic mass is 16.5. The summed E-state index contributed by atoms with van der Waals surface area (Å²) in [5.41, 5.74) is 1.28. The molecule has 19 heavy (non-hydrogen) atoms. The molecule has 1 aromatic carbocycles. The highest BCUT2D eigenvalue weighted by Gasteiger charge is 2.18. The van der Waals surface area contributed by atoms with Crippen LogP contribution in [0, 0.1) is 0 Å². The molecular formula is C16H22NO2. The number of nitrogens with zero attached hydrogens (tertiary/aromatic N) is 1. The van der Waals surface area contributed by atoms with Crippen LogP contribution in [0.25, 0.3) is 0 Å². The summed E-state index contributed by atoms with van der Waals surface area (Å²) in [6.45, 7) is 0.462. The Morgan fingerprint density at radius 3 is 2.63 bits per heavy atom. The zero-order chi connectivity index (χ0) is 13.3. The summed E-state index contributed by atoms with van der Waals surface area (Å²) < 4.78 is 5.16. The van der Waals surface area contributed by atoms with Crippen molar-refractivity contribution in [1.29, 1.82) is 0 Å². The third-order valence-corrected chi connectivity index (χ3v) is 3.54. The quantitative estimate of drug-likeness (QED) is 0.757. The molecule has 0 saturated heterocycles. The zero-order valence-electron chi connectivity index (χ0n) is 11.4. The van der Waals surface area contributed by atoms with E-state index in [0.29, 0.717) is 6.61 Å². The molecule has 1 fully saturated rings. The zero-order valence-corrected chi connectivity index (χ0v) is 11.4. The Hall–Kier alpha value is -1.51. The van der Waals surface area contributed by atoms with Gasteiger partial charge in [-0.25, -0.2) is 10.1 Å². The van der Waals surface area contributed by atoms with Gasteiger partial charge in [-0.3, -0.25) is 0 Å². The van der Waals surface area contributed by atoms with Crippen LogP contribution in [0.3, 0.4) is 0 Å². The van der Waals surface area contributed by atoms with Gasteiger partial charge >= 0.3 is 6.09 Å². The second-order valence-electron chi connectivity index (χ2n) is 5.12. The molecule has 1 saturated carbocycles. The second kappa shape index (κ2) is 7.82. The van der Waals surface area contributed by atoms with Crippen molar-refractivity contribution in [1.82, 2.24) is 5.32 Å². The first kappa shape index (κ1) is 13.9. The molecule has 1 amide bonds. The minimum atomic E-state index is -0.375. The first-order valence-electron chi connectivity index (χ1n) is 7.26. The van der Waals surface area contributed by atoms with Gasteiger partial charge in [-0.05, 0) is 31.2 Å². The summed E-state index contributed by atoms with van der Waals surface area (Å²) in [5, 5.41) is 4.12. The average Bonchev–Trinajstić information content (AvgIpc) is 2.46. The first-order chi connectivity index (χ1) is 9.34. The van der Waals surface area contributed by atoms with E-state index in [1.54, 1.807) is 0 Å². The summed E-state index contributed by atoms with van der Waals surface area (Å²) in [6.07, 6.45) is 7.16. The van der Waals surface area contributed by atoms with Crippen LogP contribution in [0.15, 0.2) is 30.3 Å². The van der Waals surface area contributed by atoms with Gasteiger partial charge in [0.2, 0.25) is 0 Å². The topological polar surface area (TPSA) is 40.4 Å². The van der Waals surface area contributed by atoms with Crippen LogP contribution in [0.4, 0.5) is 4.79 Å². The Morgan fingerprint density at radius 2 is 1.89 bits per heavy atom. The van der Waals surface area contributed by atoms with Crippen LogP contribution in [-0.4, -0.2) is 18.7 Å². The monoisotopic (exact) mass is 260 g/mol. The maximum Gasteiger partial charge on any atom is 0.429 e. The molecule has 0 aliphatic heterocycles. The fraction of sp³-hybridized carbons (Fsp3) is 0.562. The van der Waals surface area contributed by atoms with Crippen molar-refractivity contribution in [2.75, 3.05) is 6.61 Å². The molecule has 1 aliphatic rings. The van der Waals surface area contributed by atoms with Crippen LogP contribution in [-0.2, 0) is 11.2 Å². The van der Waals surface area contributed by atoms with Crippen LogP contribution in [0.2, 0.25) is 0 Å². The van der Waals surface area contributed by atoms with E-state index < -0.39 is 0 Å². The van der Waals surface area contributed by atoms with Gasteiger partial charge < -0.3 is 4.74 Å². The summed E-state index contributed by atoms with van der Waals surface area (Å²) in [7, 11) is 0. The van der Waals surface area contributed by atoms with E-state index in [0.717, 1.165) is 25.7 Å². The van der Waals surface area contributed by atoms with Gasteiger partial charge in [-0.15, -0.1) is 0 Å². The third kappa shape index (κ3) is 5.33. The van der Waals surface area contributed by atoms with Crippen LogP contribution in [0.1, 0.15) is 44.1 Å². The predicted octanol–water partition coefficient (Wildman–Crippen LogP) is 3.69. The van der Waals surface area contributed by atoms with E-state index >= 15 is 0 Å².